The molecule has 2 aromatic rings. The summed E-state index contributed by atoms with van der Waals surface area (Å²) in [7, 11) is 0. The van der Waals surface area contributed by atoms with E-state index < -0.39 is 5.82 Å². The summed E-state index contributed by atoms with van der Waals surface area (Å²) < 4.78 is 17.7. The van der Waals surface area contributed by atoms with E-state index in [0.29, 0.717) is 10.6 Å². The lowest BCUT2D eigenvalue weighted by Gasteiger charge is -1.89. The highest BCUT2D eigenvalue weighted by atomic mass is 35.5. The maximum absolute atomic E-state index is 12.9. The van der Waals surface area contributed by atoms with E-state index in [1.807, 2.05) is 0 Å². The molecule has 0 amide bonds. The predicted octanol–water partition coefficient (Wildman–Crippen LogP) is 2.62. The second-order valence-electron chi connectivity index (χ2n) is 2.09. The smallest absolute Gasteiger partial charge is 0.182 e. The van der Waals surface area contributed by atoms with Crippen LogP contribution in [0.5, 0.6) is 0 Å². The van der Waals surface area contributed by atoms with Gasteiger partial charge in [0.25, 0.3) is 0 Å². The Bertz CT molecular complexity index is 398. The van der Waals surface area contributed by atoms with Crippen LogP contribution in [0.25, 0.3) is 11.1 Å². The van der Waals surface area contributed by atoms with Crippen LogP contribution in [-0.4, -0.2) is 4.98 Å². The number of nitrogens with zero attached hydrogens (tertiary/aromatic N) is 1. The molecule has 11 heavy (non-hydrogen) atoms. The molecule has 2 nitrogen and oxygen atoms in total. The van der Waals surface area contributed by atoms with E-state index in [4.69, 9.17) is 16.0 Å². The van der Waals surface area contributed by atoms with Crippen molar-refractivity contribution in [3.8, 4) is 0 Å². The van der Waals surface area contributed by atoms with Gasteiger partial charge in [0.1, 0.15) is 5.52 Å². The fraction of sp³-hybridized carbons (Fsp3) is 0. The van der Waals surface area contributed by atoms with Gasteiger partial charge >= 0.3 is 0 Å². The second kappa shape index (κ2) is 2.20. The molecular formula is C7H3ClFNO. The first-order chi connectivity index (χ1) is 5.27. The molecule has 0 unspecified atom stereocenters. The second-order valence-corrected chi connectivity index (χ2v) is 2.52. The van der Waals surface area contributed by atoms with E-state index in [9.17, 15) is 4.39 Å². The van der Waals surface area contributed by atoms with Crippen LogP contribution in [0.2, 0.25) is 5.02 Å². The number of hydrogen-bond donors (Lipinski definition) is 0. The minimum Gasteiger partial charge on any atom is -0.443 e. The lowest BCUT2D eigenvalue weighted by atomic mass is 10.3. The number of rotatable bonds is 0. The number of hydrogen-bond acceptors (Lipinski definition) is 2. The molecule has 0 N–H and O–H groups in total. The van der Waals surface area contributed by atoms with E-state index in [-0.39, 0.29) is 5.52 Å². The van der Waals surface area contributed by atoms with Gasteiger partial charge in [-0.25, -0.2) is 9.37 Å². The highest BCUT2D eigenvalue weighted by Gasteiger charge is 2.05. The molecule has 0 bridgehead atoms. The summed E-state index contributed by atoms with van der Waals surface area (Å²) in [5, 5.41) is 0.312. The Labute approximate surface area is 66.6 Å². The van der Waals surface area contributed by atoms with Crippen LogP contribution in [0.15, 0.2) is 22.9 Å². The maximum atomic E-state index is 12.9. The molecule has 0 fully saturated rings. The van der Waals surface area contributed by atoms with E-state index in [1.165, 1.54) is 18.5 Å². The van der Waals surface area contributed by atoms with Crippen molar-refractivity contribution in [1.82, 2.24) is 4.98 Å². The predicted molar refractivity (Wildman–Crippen MR) is 39.0 cm³/mol. The Morgan fingerprint density at radius 2 is 2.27 bits per heavy atom. The first kappa shape index (κ1) is 6.61. The zero-order valence-electron chi connectivity index (χ0n) is 5.34. The van der Waals surface area contributed by atoms with Crippen LogP contribution >= 0.6 is 11.6 Å². The molecule has 1 heterocycles. The van der Waals surface area contributed by atoms with Crippen molar-refractivity contribution in [3.63, 3.8) is 0 Å². The molecule has 0 aliphatic rings. The summed E-state index contributed by atoms with van der Waals surface area (Å²) >= 11 is 5.55. The van der Waals surface area contributed by atoms with Gasteiger partial charge in [0.2, 0.25) is 0 Å². The monoisotopic (exact) mass is 171 g/mol. The normalized spacial score (nSPS) is 10.7. The van der Waals surface area contributed by atoms with Gasteiger partial charge in [-0.05, 0) is 6.07 Å². The Balaban J connectivity index is 2.91. The van der Waals surface area contributed by atoms with E-state index in [0.717, 1.165) is 0 Å². The lowest BCUT2D eigenvalue weighted by molar-refractivity contribution is 0.601. The highest BCUT2D eigenvalue weighted by Crippen LogP contribution is 2.21. The van der Waals surface area contributed by atoms with Crippen molar-refractivity contribution in [2.45, 2.75) is 0 Å². The van der Waals surface area contributed by atoms with Gasteiger partial charge in [-0.15, -0.1) is 0 Å². The van der Waals surface area contributed by atoms with Crippen molar-refractivity contribution in [1.29, 1.82) is 0 Å². The van der Waals surface area contributed by atoms with Gasteiger partial charge in [-0.1, -0.05) is 11.6 Å². The van der Waals surface area contributed by atoms with Crippen LogP contribution in [0.1, 0.15) is 0 Å². The fourth-order valence-corrected chi connectivity index (χ4v) is 1.09. The van der Waals surface area contributed by atoms with Crippen LogP contribution in [0.4, 0.5) is 4.39 Å². The molecule has 0 aliphatic heterocycles. The van der Waals surface area contributed by atoms with Crippen molar-refractivity contribution in [2.24, 2.45) is 0 Å². The van der Waals surface area contributed by atoms with E-state index >= 15 is 0 Å². The first-order valence-electron chi connectivity index (χ1n) is 2.95. The zero-order valence-corrected chi connectivity index (χ0v) is 6.10. The standard InChI is InChI=1S/C7H3ClFNO/c8-4-1-5(9)7-6(2-4)11-3-10-7/h1-3H. The van der Waals surface area contributed by atoms with Crippen molar-refractivity contribution in [3.05, 3.63) is 29.4 Å². The van der Waals surface area contributed by atoms with E-state index in [1.54, 1.807) is 0 Å². The molecular weight excluding hydrogens is 169 g/mol. The minimum atomic E-state index is -0.457. The molecule has 0 spiro atoms. The van der Waals surface area contributed by atoms with Crippen molar-refractivity contribution >= 4 is 22.7 Å². The fourth-order valence-electron chi connectivity index (χ4n) is 0.893. The molecule has 4 heteroatoms. The zero-order chi connectivity index (χ0) is 7.84. The molecule has 0 saturated carbocycles. The van der Waals surface area contributed by atoms with Crippen LogP contribution in [-0.2, 0) is 0 Å². The Hall–Kier alpha value is -1.09. The molecule has 0 aliphatic carbocycles. The molecule has 0 saturated heterocycles. The summed E-state index contributed by atoms with van der Waals surface area (Å²) in [6, 6.07) is 2.72. The van der Waals surface area contributed by atoms with Crippen molar-refractivity contribution < 1.29 is 8.81 Å². The topological polar surface area (TPSA) is 26.0 Å². The average molecular weight is 172 g/mol. The number of halogens is 2. The summed E-state index contributed by atoms with van der Waals surface area (Å²) in [5.74, 6) is -0.457. The molecule has 2 rings (SSSR count). The highest BCUT2D eigenvalue weighted by molar-refractivity contribution is 6.31. The quantitative estimate of drug-likeness (QED) is 0.609. The van der Waals surface area contributed by atoms with Crippen LogP contribution in [0.3, 0.4) is 0 Å². The summed E-state index contributed by atoms with van der Waals surface area (Å²) in [6.45, 7) is 0. The van der Waals surface area contributed by atoms with Gasteiger partial charge in [-0.2, -0.15) is 0 Å². The SMILES string of the molecule is Fc1cc(Cl)cc2ocnc12. The van der Waals surface area contributed by atoms with Gasteiger partial charge in [0.15, 0.2) is 17.8 Å². The summed E-state index contributed by atoms with van der Waals surface area (Å²) in [6.07, 6.45) is 1.18. The number of oxazole rings is 1. The Morgan fingerprint density at radius 1 is 1.45 bits per heavy atom. The third kappa shape index (κ3) is 0.973. The minimum absolute atomic E-state index is 0.217. The van der Waals surface area contributed by atoms with Crippen LogP contribution < -0.4 is 0 Å². The molecule has 56 valence electrons. The Kier molecular flexibility index (Phi) is 1.32. The molecule has 0 atom stereocenters. The first-order valence-corrected chi connectivity index (χ1v) is 3.33. The van der Waals surface area contributed by atoms with Crippen LogP contribution in [0, 0.1) is 5.82 Å². The average Bonchev–Trinajstić information content (AvgIpc) is 2.34. The third-order valence-electron chi connectivity index (χ3n) is 1.35. The number of aromatic nitrogens is 1. The van der Waals surface area contributed by atoms with Crippen molar-refractivity contribution in [2.75, 3.05) is 0 Å². The lowest BCUT2D eigenvalue weighted by Crippen LogP contribution is -1.76. The Morgan fingerprint density at radius 3 is 3.09 bits per heavy atom. The third-order valence-corrected chi connectivity index (χ3v) is 1.57. The summed E-state index contributed by atoms with van der Waals surface area (Å²) in [5.41, 5.74) is 0.587. The molecule has 0 radical (unpaired) electrons. The van der Waals surface area contributed by atoms with Gasteiger partial charge in [-0.3, -0.25) is 0 Å². The molecule has 1 aromatic carbocycles. The maximum Gasteiger partial charge on any atom is 0.182 e. The van der Waals surface area contributed by atoms with Gasteiger partial charge in [0.05, 0.1) is 0 Å². The van der Waals surface area contributed by atoms with E-state index in [2.05, 4.69) is 4.98 Å². The van der Waals surface area contributed by atoms with Gasteiger partial charge in [0, 0.05) is 11.1 Å². The molecule has 1 aromatic heterocycles. The summed E-state index contributed by atoms with van der Waals surface area (Å²) in [4.78, 5) is 3.66. The number of fused-ring (bicyclic) bond motifs is 1. The van der Waals surface area contributed by atoms with Gasteiger partial charge < -0.3 is 4.42 Å². The largest absolute Gasteiger partial charge is 0.443 e. The number of benzene rings is 1.